The Labute approximate surface area is 125 Å². The lowest BCUT2D eigenvalue weighted by Crippen LogP contribution is -2.33. The number of nitrogens with one attached hydrogen (secondary N) is 1. The molecule has 0 heterocycles. The second kappa shape index (κ2) is 8.15. The van der Waals surface area contributed by atoms with Gasteiger partial charge in [0.15, 0.2) is 0 Å². The van der Waals surface area contributed by atoms with Crippen molar-refractivity contribution in [3.8, 4) is 5.75 Å². The molecule has 0 amide bonds. The predicted molar refractivity (Wildman–Crippen MR) is 81.1 cm³/mol. The number of aliphatic hydroxyl groups excluding tert-OH is 1. The molecule has 0 aliphatic rings. The Kier molecular flexibility index (Phi) is 7.22. The molecule has 0 saturated carbocycles. The highest BCUT2D eigenvalue weighted by atomic mass is 79.9. The minimum Gasteiger partial charge on any atom is -0.488 e. The molecule has 5 heteroatoms. The first kappa shape index (κ1) is 16.0. The summed E-state index contributed by atoms with van der Waals surface area (Å²) in [6.07, 6.45) is -0.511. The fraction of sp³-hybridized carbons (Fsp3) is 0.538. The van der Waals surface area contributed by atoms with Crippen molar-refractivity contribution in [3.05, 3.63) is 27.1 Å². The van der Waals surface area contributed by atoms with Gasteiger partial charge in [0.25, 0.3) is 0 Å². The molecular weight excluding hydrogens is 362 g/mol. The van der Waals surface area contributed by atoms with Crippen LogP contribution in [-0.2, 0) is 0 Å². The van der Waals surface area contributed by atoms with Crippen molar-refractivity contribution in [2.45, 2.75) is 20.0 Å². The largest absolute Gasteiger partial charge is 0.488 e. The molecular formula is C13H19Br2NO2. The normalized spacial score (nSPS) is 12.8. The van der Waals surface area contributed by atoms with Gasteiger partial charge in [-0.3, -0.25) is 0 Å². The van der Waals surface area contributed by atoms with Gasteiger partial charge in [-0.15, -0.1) is 0 Å². The summed E-state index contributed by atoms with van der Waals surface area (Å²) < 4.78 is 7.35. The van der Waals surface area contributed by atoms with E-state index in [2.05, 4.69) is 51.0 Å². The molecule has 1 atom stereocenters. The van der Waals surface area contributed by atoms with Crippen LogP contribution < -0.4 is 10.1 Å². The quantitative estimate of drug-likeness (QED) is 0.763. The van der Waals surface area contributed by atoms with E-state index in [-0.39, 0.29) is 6.61 Å². The second-order valence-corrected chi connectivity index (χ2v) is 6.28. The Balaban J connectivity index is 2.36. The van der Waals surface area contributed by atoms with Gasteiger partial charge in [-0.25, -0.2) is 0 Å². The van der Waals surface area contributed by atoms with Crippen molar-refractivity contribution in [1.82, 2.24) is 5.32 Å². The minimum absolute atomic E-state index is 0.270. The lowest BCUT2D eigenvalue weighted by Gasteiger charge is -2.15. The summed E-state index contributed by atoms with van der Waals surface area (Å²) in [5.74, 6) is 1.30. The maximum absolute atomic E-state index is 9.79. The zero-order valence-electron chi connectivity index (χ0n) is 10.6. The van der Waals surface area contributed by atoms with Gasteiger partial charge in [-0.1, -0.05) is 19.9 Å². The molecule has 1 aromatic carbocycles. The molecule has 18 heavy (non-hydrogen) atoms. The Hall–Kier alpha value is -0.100. The monoisotopic (exact) mass is 379 g/mol. The van der Waals surface area contributed by atoms with E-state index in [4.69, 9.17) is 4.74 Å². The molecule has 2 N–H and O–H groups in total. The first-order valence-corrected chi connectivity index (χ1v) is 7.55. The molecule has 1 unspecified atom stereocenters. The molecule has 0 fully saturated rings. The number of hydrogen-bond acceptors (Lipinski definition) is 3. The number of para-hydroxylation sites is 1. The summed E-state index contributed by atoms with van der Waals surface area (Å²) in [7, 11) is 0. The number of aliphatic hydroxyl groups is 1. The van der Waals surface area contributed by atoms with Crippen LogP contribution in [0.3, 0.4) is 0 Å². The third kappa shape index (κ3) is 5.69. The van der Waals surface area contributed by atoms with Crippen molar-refractivity contribution in [1.29, 1.82) is 0 Å². The lowest BCUT2D eigenvalue weighted by molar-refractivity contribution is 0.105. The first-order chi connectivity index (χ1) is 8.50. The van der Waals surface area contributed by atoms with E-state index in [1.807, 2.05) is 18.2 Å². The maximum atomic E-state index is 9.79. The van der Waals surface area contributed by atoms with Crippen LogP contribution in [0.15, 0.2) is 27.1 Å². The summed E-state index contributed by atoms with van der Waals surface area (Å²) in [6.45, 7) is 5.98. The molecule has 3 nitrogen and oxygen atoms in total. The van der Waals surface area contributed by atoms with Crippen LogP contribution in [0.4, 0.5) is 0 Å². The third-order valence-electron chi connectivity index (χ3n) is 2.27. The van der Waals surface area contributed by atoms with Gasteiger partial charge in [0.1, 0.15) is 18.5 Å². The Morgan fingerprint density at radius 2 is 1.83 bits per heavy atom. The van der Waals surface area contributed by atoms with E-state index < -0.39 is 6.10 Å². The Morgan fingerprint density at radius 1 is 1.22 bits per heavy atom. The van der Waals surface area contributed by atoms with Crippen LogP contribution in [-0.4, -0.2) is 30.9 Å². The van der Waals surface area contributed by atoms with Crippen molar-refractivity contribution >= 4 is 31.9 Å². The number of ether oxygens (including phenoxy) is 1. The number of hydrogen-bond donors (Lipinski definition) is 2. The van der Waals surface area contributed by atoms with E-state index in [9.17, 15) is 5.11 Å². The highest BCUT2D eigenvalue weighted by molar-refractivity contribution is 9.11. The van der Waals surface area contributed by atoms with E-state index >= 15 is 0 Å². The highest BCUT2D eigenvalue weighted by Crippen LogP contribution is 2.32. The highest BCUT2D eigenvalue weighted by Gasteiger charge is 2.09. The zero-order valence-corrected chi connectivity index (χ0v) is 13.8. The standard InChI is InChI=1S/C13H19Br2NO2/c1-9(2)6-16-7-10(17)8-18-13-11(14)4-3-5-12(13)15/h3-5,9-10,16-17H,6-8H2,1-2H3. The number of benzene rings is 1. The summed E-state index contributed by atoms with van der Waals surface area (Å²) in [4.78, 5) is 0. The van der Waals surface area contributed by atoms with Gasteiger partial charge in [-0.05, 0) is 56.5 Å². The van der Waals surface area contributed by atoms with Crippen molar-refractivity contribution < 1.29 is 9.84 Å². The maximum Gasteiger partial charge on any atom is 0.147 e. The summed E-state index contributed by atoms with van der Waals surface area (Å²) >= 11 is 6.83. The fourth-order valence-corrected chi connectivity index (χ4v) is 2.62. The van der Waals surface area contributed by atoms with Gasteiger partial charge in [0.2, 0.25) is 0 Å². The topological polar surface area (TPSA) is 41.5 Å². The average Bonchev–Trinajstić information content (AvgIpc) is 2.27. The van der Waals surface area contributed by atoms with Crippen molar-refractivity contribution in [2.75, 3.05) is 19.7 Å². The van der Waals surface area contributed by atoms with E-state index in [1.54, 1.807) is 0 Å². The van der Waals surface area contributed by atoms with Crippen LogP contribution >= 0.6 is 31.9 Å². The van der Waals surface area contributed by atoms with Gasteiger partial charge in [0.05, 0.1) is 8.95 Å². The van der Waals surface area contributed by atoms with Crippen LogP contribution in [0.5, 0.6) is 5.75 Å². The smallest absolute Gasteiger partial charge is 0.147 e. The predicted octanol–water partition coefficient (Wildman–Crippen LogP) is 3.20. The molecule has 0 spiro atoms. The first-order valence-electron chi connectivity index (χ1n) is 5.96. The Morgan fingerprint density at radius 3 is 2.39 bits per heavy atom. The Bertz CT molecular complexity index is 352. The SMILES string of the molecule is CC(C)CNCC(O)COc1c(Br)cccc1Br. The summed E-state index contributed by atoms with van der Waals surface area (Å²) in [6, 6.07) is 5.73. The van der Waals surface area contributed by atoms with Crippen LogP contribution in [0, 0.1) is 5.92 Å². The van der Waals surface area contributed by atoms with Gasteiger partial charge in [-0.2, -0.15) is 0 Å². The average molecular weight is 381 g/mol. The molecule has 0 aliphatic carbocycles. The van der Waals surface area contributed by atoms with Crippen LogP contribution in [0.2, 0.25) is 0 Å². The molecule has 1 aromatic rings. The summed E-state index contributed by atoms with van der Waals surface area (Å²) in [5, 5.41) is 13.0. The minimum atomic E-state index is -0.511. The van der Waals surface area contributed by atoms with Crippen LogP contribution in [0.25, 0.3) is 0 Å². The molecule has 102 valence electrons. The fourth-order valence-electron chi connectivity index (χ4n) is 1.40. The van der Waals surface area contributed by atoms with Crippen molar-refractivity contribution in [3.63, 3.8) is 0 Å². The van der Waals surface area contributed by atoms with Gasteiger partial charge in [0, 0.05) is 6.54 Å². The van der Waals surface area contributed by atoms with E-state index in [0.717, 1.165) is 21.2 Å². The van der Waals surface area contributed by atoms with Gasteiger partial charge < -0.3 is 15.2 Å². The third-order valence-corrected chi connectivity index (χ3v) is 3.52. The number of halogens is 2. The molecule has 0 saturated heterocycles. The van der Waals surface area contributed by atoms with Crippen molar-refractivity contribution in [2.24, 2.45) is 5.92 Å². The molecule has 0 aromatic heterocycles. The zero-order chi connectivity index (χ0) is 13.5. The molecule has 0 radical (unpaired) electrons. The van der Waals surface area contributed by atoms with E-state index in [0.29, 0.717) is 12.5 Å². The number of rotatable bonds is 7. The lowest BCUT2D eigenvalue weighted by atomic mass is 10.2. The summed E-state index contributed by atoms with van der Waals surface area (Å²) in [5.41, 5.74) is 0. The van der Waals surface area contributed by atoms with Crippen LogP contribution in [0.1, 0.15) is 13.8 Å². The molecule has 0 bridgehead atoms. The van der Waals surface area contributed by atoms with E-state index in [1.165, 1.54) is 0 Å². The molecule has 0 aliphatic heterocycles. The second-order valence-electron chi connectivity index (χ2n) is 4.57. The molecule has 1 rings (SSSR count). The van der Waals surface area contributed by atoms with Gasteiger partial charge >= 0.3 is 0 Å².